The number of aliphatic hydroxyl groups is 1. The standard InChI is InChI=1S/C26H24N2O2/c1-18(17-29)13-14-28-24-12-11-19-7-5-6-10-21(19)22(24)15-25(28)26-16-23(27-30-26)20-8-3-2-4-9-20/h2-10,13,15-16,29H,11-12,14,17H2,1H3/b18-13+. The first-order valence-electron chi connectivity index (χ1n) is 10.3. The molecule has 2 heterocycles. The van der Waals surface area contributed by atoms with Crippen molar-refractivity contribution in [2.24, 2.45) is 0 Å². The molecule has 150 valence electrons. The van der Waals surface area contributed by atoms with Gasteiger partial charge in [0.05, 0.1) is 12.3 Å². The Bertz CT molecular complexity index is 1220. The van der Waals surface area contributed by atoms with E-state index in [1.54, 1.807) is 0 Å². The number of rotatable bonds is 5. The molecule has 0 amide bonds. The van der Waals surface area contributed by atoms with Gasteiger partial charge in [-0.2, -0.15) is 0 Å². The molecule has 0 saturated heterocycles. The second-order valence-electron chi connectivity index (χ2n) is 7.81. The van der Waals surface area contributed by atoms with Gasteiger partial charge < -0.3 is 14.2 Å². The van der Waals surface area contributed by atoms with Crippen LogP contribution in [-0.4, -0.2) is 21.4 Å². The topological polar surface area (TPSA) is 51.2 Å². The van der Waals surface area contributed by atoms with Crippen LogP contribution in [0.1, 0.15) is 18.2 Å². The van der Waals surface area contributed by atoms with Crippen LogP contribution < -0.4 is 0 Å². The quantitative estimate of drug-likeness (QED) is 0.452. The van der Waals surface area contributed by atoms with Crippen LogP contribution in [0.15, 0.2) is 82.9 Å². The van der Waals surface area contributed by atoms with Crippen molar-refractivity contribution in [3.8, 4) is 33.8 Å². The van der Waals surface area contributed by atoms with Crippen LogP contribution in [0.2, 0.25) is 0 Å². The lowest BCUT2D eigenvalue weighted by atomic mass is 9.90. The smallest absolute Gasteiger partial charge is 0.183 e. The van der Waals surface area contributed by atoms with E-state index in [0.29, 0.717) is 6.54 Å². The lowest BCUT2D eigenvalue weighted by Crippen LogP contribution is -2.09. The molecule has 0 atom stereocenters. The first kappa shape index (κ1) is 18.6. The van der Waals surface area contributed by atoms with E-state index >= 15 is 0 Å². The fourth-order valence-electron chi connectivity index (χ4n) is 4.21. The molecule has 1 aliphatic rings. The van der Waals surface area contributed by atoms with Gasteiger partial charge in [-0.1, -0.05) is 71.4 Å². The number of benzene rings is 2. The molecule has 4 aromatic rings. The van der Waals surface area contributed by atoms with Crippen molar-refractivity contribution in [1.82, 2.24) is 9.72 Å². The lowest BCUT2D eigenvalue weighted by molar-refractivity contribution is 0.330. The van der Waals surface area contributed by atoms with Gasteiger partial charge in [-0.3, -0.25) is 0 Å². The number of aliphatic hydroxyl groups excluding tert-OH is 1. The summed E-state index contributed by atoms with van der Waals surface area (Å²) in [7, 11) is 0. The summed E-state index contributed by atoms with van der Waals surface area (Å²) in [4.78, 5) is 0. The van der Waals surface area contributed by atoms with Gasteiger partial charge in [0.2, 0.25) is 0 Å². The highest BCUT2D eigenvalue weighted by atomic mass is 16.5. The Morgan fingerprint density at radius 2 is 1.83 bits per heavy atom. The van der Waals surface area contributed by atoms with Gasteiger partial charge >= 0.3 is 0 Å². The SMILES string of the molecule is C/C(=C\Cn1c(-c2cc(-c3ccccc3)no2)cc2c1CCc1ccccc1-2)CO. The maximum atomic E-state index is 9.44. The highest BCUT2D eigenvalue weighted by Crippen LogP contribution is 2.39. The van der Waals surface area contributed by atoms with E-state index in [4.69, 9.17) is 4.52 Å². The third-order valence-corrected chi connectivity index (χ3v) is 5.85. The fraction of sp³-hybridized carbons (Fsp3) is 0.192. The number of aryl methyl sites for hydroxylation is 1. The minimum Gasteiger partial charge on any atom is -0.392 e. The Hall–Kier alpha value is -3.37. The number of nitrogens with zero attached hydrogens (tertiary/aromatic N) is 2. The second-order valence-corrected chi connectivity index (χ2v) is 7.81. The van der Waals surface area contributed by atoms with Gasteiger partial charge in [0, 0.05) is 29.4 Å². The molecule has 0 bridgehead atoms. The highest BCUT2D eigenvalue weighted by Gasteiger charge is 2.24. The summed E-state index contributed by atoms with van der Waals surface area (Å²) in [6, 6.07) is 22.9. The average Bonchev–Trinajstić information content (AvgIpc) is 3.43. The molecule has 1 aliphatic carbocycles. The van der Waals surface area contributed by atoms with Crippen molar-refractivity contribution >= 4 is 0 Å². The fourth-order valence-corrected chi connectivity index (χ4v) is 4.21. The molecule has 4 nitrogen and oxygen atoms in total. The van der Waals surface area contributed by atoms with E-state index < -0.39 is 0 Å². The Kier molecular flexibility index (Phi) is 4.85. The molecule has 4 heteroatoms. The van der Waals surface area contributed by atoms with E-state index in [0.717, 1.165) is 41.1 Å². The molecule has 0 unspecified atom stereocenters. The Morgan fingerprint density at radius 3 is 2.67 bits per heavy atom. The summed E-state index contributed by atoms with van der Waals surface area (Å²) in [5, 5.41) is 13.8. The molecule has 5 rings (SSSR count). The van der Waals surface area contributed by atoms with Crippen molar-refractivity contribution in [2.45, 2.75) is 26.3 Å². The van der Waals surface area contributed by atoms with Crippen molar-refractivity contribution in [2.75, 3.05) is 6.61 Å². The predicted octanol–water partition coefficient (Wildman–Crippen LogP) is 5.51. The summed E-state index contributed by atoms with van der Waals surface area (Å²) in [6.07, 6.45) is 4.10. The van der Waals surface area contributed by atoms with Gasteiger partial charge in [-0.25, -0.2) is 0 Å². The minimum atomic E-state index is 0.0715. The first-order valence-corrected chi connectivity index (χ1v) is 10.3. The molecule has 2 aromatic heterocycles. The third kappa shape index (κ3) is 3.29. The summed E-state index contributed by atoms with van der Waals surface area (Å²) in [5.41, 5.74) is 9.11. The summed E-state index contributed by atoms with van der Waals surface area (Å²) >= 11 is 0. The largest absolute Gasteiger partial charge is 0.392 e. The number of hydrogen-bond acceptors (Lipinski definition) is 3. The molecule has 0 radical (unpaired) electrons. The molecule has 0 aliphatic heterocycles. The van der Waals surface area contributed by atoms with Crippen molar-refractivity contribution in [3.63, 3.8) is 0 Å². The second kappa shape index (κ2) is 7.81. The molecular weight excluding hydrogens is 372 g/mol. The number of allylic oxidation sites excluding steroid dienone is 1. The van der Waals surface area contributed by atoms with Crippen molar-refractivity contribution in [1.29, 1.82) is 0 Å². The Labute approximate surface area is 176 Å². The van der Waals surface area contributed by atoms with E-state index in [1.165, 1.54) is 22.4 Å². The zero-order chi connectivity index (χ0) is 20.5. The molecule has 0 saturated carbocycles. The van der Waals surface area contributed by atoms with Gasteiger partial charge in [-0.05, 0) is 37.0 Å². The predicted molar refractivity (Wildman–Crippen MR) is 119 cm³/mol. The molecule has 0 spiro atoms. The maximum Gasteiger partial charge on any atom is 0.183 e. The van der Waals surface area contributed by atoms with E-state index in [1.807, 2.05) is 43.3 Å². The zero-order valence-corrected chi connectivity index (χ0v) is 17.0. The zero-order valence-electron chi connectivity index (χ0n) is 17.0. The molecule has 1 N–H and O–H groups in total. The average molecular weight is 396 g/mol. The van der Waals surface area contributed by atoms with Gasteiger partial charge in [0.25, 0.3) is 0 Å². The summed E-state index contributed by atoms with van der Waals surface area (Å²) in [5.74, 6) is 0.760. The lowest BCUT2D eigenvalue weighted by Gasteiger charge is -2.19. The van der Waals surface area contributed by atoms with Crippen LogP contribution in [0, 0.1) is 0 Å². The van der Waals surface area contributed by atoms with Crippen molar-refractivity contribution < 1.29 is 9.63 Å². The number of hydrogen-bond donors (Lipinski definition) is 1. The van der Waals surface area contributed by atoms with Crippen molar-refractivity contribution in [3.05, 3.63) is 89.6 Å². The maximum absolute atomic E-state index is 9.44. The van der Waals surface area contributed by atoms with Gasteiger partial charge in [-0.15, -0.1) is 0 Å². The minimum absolute atomic E-state index is 0.0715. The molecule has 0 fully saturated rings. The van der Waals surface area contributed by atoms with Gasteiger partial charge in [0.15, 0.2) is 5.76 Å². The molecular formula is C26H24N2O2. The molecule has 30 heavy (non-hydrogen) atoms. The Balaban J connectivity index is 1.63. The van der Waals surface area contributed by atoms with Crippen LogP contribution in [0.4, 0.5) is 0 Å². The van der Waals surface area contributed by atoms with E-state index in [-0.39, 0.29) is 6.61 Å². The van der Waals surface area contributed by atoms with E-state index in [2.05, 4.69) is 46.1 Å². The normalized spacial score (nSPS) is 13.2. The van der Waals surface area contributed by atoms with Crippen LogP contribution in [0.5, 0.6) is 0 Å². The van der Waals surface area contributed by atoms with Crippen LogP contribution in [-0.2, 0) is 19.4 Å². The summed E-state index contributed by atoms with van der Waals surface area (Å²) in [6.45, 7) is 2.72. The van der Waals surface area contributed by atoms with Crippen LogP contribution in [0.25, 0.3) is 33.8 Å². The number of fused-ring (bicyclic) bond motifs is 3. The molecule has 2 aromatic carbocycles. The first-order chi connectivity index (χ1) is 14.7. The van der Waals surface area contributed by atoms with E-state index in [9.17, 15) is 5.11 Å². The highest BCUT2D eigenvalue weighted by molar-refractivity contribution is 5.78. The Morgan fingerprint density at radius 1 is 1.03 bits per heavy atom. The number of aromatic nitrogens is 2. The van der Waals surface area contributed by atoms with Crippen LogP contribution >= 0.6 is 0 Å². The van der Waals surface area contributed by atoms with Crippen LogP contribution in [0.3, 0.4) is 0 Å². The monoisotopic (exact) mass is 396 g/mol. The third-order valence-electron chi connectivity index (χ3n) is 5.85. The van der Waals surface area contributed by atoms with Gasteiger partial charge in [0.1, 0.15) is 5.69 Å². The summed E-state index contributed by atoms with van der Waals surface area (Å²) < 4.78 is 8.11.